The van der Waals surface area contributed by atoms with Crippen molar-refractivity contribution < 1.29 is 4.79 Å². The first-order valence-corrected chi connectivity index (χ1v) is 7.96. The molecule has 0 fully saturated rings. The highest BCUT2D eigenvalue weighted by molar-refractivity contribution is 6.35. The molecule has 7 nitrogen and oxygen atoms in total. The first kappa shape index (κ1) is 15.5. The minimum absolute atomic E-state index is 0.0493. The Morgan fingerprint density at radius 2 is 2.04 bits per heavy atom. The van der Waals surface area contributed by atoms with Crippen molar-refractivity contribution in [1.82, 2.24) is 24.6 Å². The van der Waals surface area contributed by atoms with Gasteiger partial charge in [-0.15, -0.1) is 5.10 Å². The van der Waals surface area contributed by atoms with E-state index in [2.05, 4.69) is 25.4 Å². The van der Waals surface area contributed by atoms with Crippen LogP contribution in [0.4, 0.5) is 5.69 Å². The quantitative estimate of drug-likeness (QED) is 0.598. The van der Waals surface area contributed by atoms with Crippen molar-refractivity contribution in [2.24, 2.45) is 0 Å². The Morgan fingerprint density at radius 3 is 2.88 bits per heavy atom. The molecule has 8 heteroatoms. The van der Waals surface area contributed by atoms with Gasteiger partial charge in [0, 0.05) is 23.0 Å². The summed E-state index contributed by atoms with van der Waals surface area (Å²) in [6, 6.07) is 8.93. The zero-order valence-corrected chi connectivity index (χ0v) is 14.2. The van der Waals surface area contributed by atoms with Gasteiger partial charge in [-0.2, -0.15) is 4.98 Å². The number of pyridine rings is 1. The second-order valence-corrected chi connectivity index (χ2v) is 6.04. The molecule has 0 bridgehead atoms. The van der Waals surface area contributed by atoms with Gasteiger partial charge in [-0.25, -0.2) is 9.50 Å². The summed E-state index contributed by atoms with van der Waals surface area (Å²) >= 11 is 6.16. The fourth-order valence-corrected chi connectivity index (χ4v) is 2.90. The number of hydrogen-bond acceptors (Lipinski definition) is 5. The number of carbonyl (C=O) groups excluding carboxylic acids is 1. The summed E-state index contributed by atoms with van der Waals surface area (Å²) in [6.07, 6.45) is 1.65. The van der Waals surface area contributed by atoms with Crippen molar-refractivity contribution in [3.63, 3.8) is 0 Å². The van der Waals surface area contributed by atoms with Crippen LogP contribution in [0.2, 0.25) is 5.02 Å². The van der Waals surface area contributed by atoms with Crippen LogP contribution in [-0.2, 0) is 0 Å². The molecule has 1 N–H and O–H groups in total. The highest BCUT2D eigenvalue weighted by Gasteiger charge is 2.16. The van der Waals surface area contributed by atoms with Gasteiger partial charge in [0.25, 0.3) is 11.7 Å². The molecule has 0 unspecified atom stereocenters. The summed E-state index contributed by atoms with van der Waals surface area (Å²) in [5, 5.41) is 8.33. The number of anilines is 1. The first-order chi connectivity index (χ1) is 12.0. The maximum atomic E-state index is 12.6. The van der Waals surface area contributed by atoms with Crippen LogP contribution in [-0.4, -0.2) is 30.5 Å². The molecule has 4 aromatic rings. The number of aromatic nitrogens is 5. The lowest BCUT2D eigenvalue weighted by atomic mass is 10.2. The second-order valence-electron chi connectivity index (χ2n) is 5.63. The van der Waals surface area contributed by atoms with Crippen LogP contribution in [0.25, 0.3) is 16.7 Å². The molecule has 1 amide bonds. The van der Waals surface area contributed by atoms with Gasteiger partial charge in [-0.3, -0.25) is 9.78 Å². The van der Waals surface area contributed by atoms with Crippen LogP contribution in [0.1, 0.15) is 22.0 Å². The van der Waals surface area contributed by atoms with Gasteiger partial charge in [0.05, 0.1) is 16.2 Å². The molecule has 0 aliphatic rings. The maximum absolute atomic E-state index is 12.6. The smallest absolute Gasteiger partial charge is 0.295 e. The lowest BCUT2D eigenvalue weighted by molar-refractivity contribution is 0.101. The number of nitrogens with one attached hydrogen (secondary N) is 1. The summed E-state index contributed by atoms with van der Waals surface area (Å²) < 4.78 is 1.55. The Hall–Kier alpha value is -3.06. The van der Waals surface area contributed by atoms with Crippen LogP contribution >= 0.6 is 11.6 Å². The van der Waals surface area contributed by atoms with Crippen LogP contribution in [0, 0.1) is 13.8 Å². The Balaban J connectivity index is 1.74. The molecular weight excluding hydrogens is 340 g/mol. The molecule has 0 radical (unpaired) electrons. The van der Waals surface area contributed by atoms with Crippen molar-refractivity contribution in [2.45, 2.75) is 13.8 Å². The van der Waals surface area contributed by atoms with Gasteiger partial charge >= 0.3 is 0 Å². The van der Waals surface area contributed by atoms with E-state index < -0.39 is 5.91 Å². The lowest BCUT2D eigenvalue weighted by Gasteiger charge is -2.07. The van der Waals surface area contributed by atoms with Gasteiger partial charge in [0.1, 0.15) is 0 Å². The van der Waals surface area contributed by atoms with Crippen LogP contribution in [0.3, 0.4) is 0 Å². The van der Waals surface area contributed by atoms with Gasteiger partial charge in [0.15, 0.2) is 0 Å². The molecule has 3 aromatic heterocycles. The Labute approximate surface area is 147 Å². The third kappa shape index (κ3) is 2.68. The minimum Gasteiger partial charge on any atom is -0.319 e. The number of rotatable bonds is 2. The van der Waals surface area contributed by atoms with E-state index in [1.54, 1.807) is 28.9 Å². The highest BCUT2D eigenvalue weighted by atomic mass is 35.5. The molecule has 0 atom stereocenters. The Bertz CT molecular complexity index is 1140. The number of nitrogens with zero attached hydrogens (tertiary/aromatic N) is 5. The number of amides is 1. The zero-order chi connectivity index (χ0) is 17.6. The molecule has 0 saturated heterocycles. The van der Waals surface area contributed by atoms with Crippen molar-refractivity contribution in [1.29, 1.82) is 0 Å². The summed E-state index contributed by atoms with van der Waals surface area (Å²) in [6.45, 7) is 3.75. The lowest BCUT2D eigenvalue weighted by Crippen LogP contribution is -2.14. The summed E-state index contributed by atoms with van der Waals surface area (Å²) in [7, 11) is 0. The van der Waals surface area contributed by atoms with Crippen molar-refractivity contribution >= 4 is 39.9 Å². The summed E-state index contributed by atoms with van der Waals surface area (Å²) in [5.41, 5.74) is 2.89. The fourth-order valence-electron chi connectivity index (χ4n) is 2.69. The van der Waals surface area contributed by atoms with Gasteiger partial charge in [0.2, 0.25) is 5.82 Å². The van der Waals surface area contributed by atoms with E-state index in [0.717, 1.165) is 16.8 Å². The van der Waals surface area contributed by atoms with E-state index in [1.165, 1.54) is 0 Å². The predicted molar refractivity (Wildman–Crippen MR) is 95.0 cm³/mol. The molecule has 1 aromatic carbocycles. The van der Waals surface area contributed by atoms with Crippen LogP contribution in [0.5, 0.6) is 0 Å². The van der Waals surface area contributed by atoms with Crippen molar-refractivity contribution in [3.05, 3.63) is 58.8 Å². The number of halogens is 1. The molecule has 3 heterocycles. The van der Waals surface area contributed by atoms with E-state index in [4.69, 9.17) is 11.6 Å². The maximum Gasteiger partial charge on any atom is 0.295 e. The number of carbonyl (C=O) groups is 1. The standard InChI is InChI=1S/C17H13ClN6O/c1-9-8-10(2)24-17(20-9)22-15(23-24)16(25)21-13-6-5-12(18)14-11(13)4-3-7-19-14/h3-8H,1-2H3,(H,21,25). The predicted octanol–water partition coefficient (Wildman–Crippen LogP) is 3.20. The normalized spacial score (nSPS) is 11.2. The monoisotopic (exact) mass is 352 g/mol. The number of aryl methyl sites for hydroxylation is 2. The molecular formula is C17H13ClN6O. The third-order valence-corrected chi connectivity index (χ3v) is 4.09. The second kappa shape index (κ2) is 5.78. The SMILES string of the molecule is Cc1cc(C)n2nc(C(=O)Nc3ccc(Cl)c4ncccc34)nc2n1. The van der Waals surface area contributed by atoms with Crippen molar-refractivity contribution in [3.8, 4) is 0 Å². The average molecular weight is 353 g/mol. The molecule has 25 heavy (non-hydrogen) atoms. The molecule has 0 aliphatic carbocycles. The van der Waals surface area contributed by atoms with E-state index in [1.807, 2.05) is 26.0 Å². The third-order valence-electron chi connectivity index (χ3n) is 3.79. The topological polar surface area (TPSA) is 85.1 Å². The van der Waals surface area contributed by atoms with Crippen LogP contribution < -0.4 is 5.32 Å². The molecule has 124 valence electrons. The van der Waals surface area contributed by atoms with E-state index in [-0.39, 0.29) is 5.82 Å². The van der Waals surface area contributed by atoms with E-state index in [9.17, 15) is 4.79 Å². The van der Waals surface area contributed by atoms with E-state index in [0.29, 0.717) is 22.0 Å². The molecule has 4 rings (SSSR count). The minimum atomic E-state index is -0.421. The van der Waals surface area contributed by atoms with Crippen molar-refractivity contribution in [2.75, 3.05) is 5.32 Å². The first-order valence-electron chi connectivity index (χ1n) is 7.58. The number of hydrogen-bond donors (Lipinski definition) is 1. The summed E-state index contributed by atoms with van der Waals surface area (Å²) in [5.74, 6) is 0.0218. The van der Waals surface area contributed by atoms with Gasteiger partial charge in [-0.05, 0) is 44.2 Å². The average Bonchev–Trinajstić information content (AvgIpc) is 3.02. The fraction of sp³-hybridized carbons (Fsp3) is 0.118. The van der Waals surface area contributed by atoms with E-state index >= 15 is 0 Å². The largest absolute Gasteiger partial charge is 0.319 e. The molecule has 0 spiro atoms. The molecule has 0 saturated carbocycles. The zero-order valence-electron chi connectivity index (χ0n) is 13.5. The Morgan fingerprint density at radius 1 is 1.20 bits per heavy atom. The van der Waals surface area contributed by atoms with Gasteiger partial charge < -0.3 is 5.32 Å². The summed E-state index contributed by atoms with van der Waals surface area (Å²) in [4.78, 5) is 25.3. The van der Waals surface area contributed by atoms with Gasteiger partial charge in [-0.1, -0.05) is 11.6 Å². The molecule has 0 aliphatic heterocycles. The Kier molecular flexibility index (Phi) is 3.58. The number of fused-ring (bicyclic) bond motifs is 2. The van der Waals surface area contributed by atoms with Crippen LogP contribution in [0.15, 0.2) is 36.5 Å². The number of benzene rings is 1. The highest BCUT2D eigenvalue weighted by Crippen LogP contribution is 2.28.